The summed E-state index contributed by atoms with van der Waals surface area (Å²) >= 11 is 0. The molecule has 0 spiro atoms. The summed E-state index contributed by atoms with van der Waals surface area (Å²) in [6.45, 7) is 8.54. The van der Waals surface area contributed by atoms with E-state index >= 15 is 0 Å². The number of aromatic hydroxyl groups is 1. The zero-order chi connectivity index (χ0) is 54.6. The molecule has 1 heterocycles. The molecule has 1 aliphatic rings. The zero-order valence-electron chi connectivity index (χ0n) is 42.3. The first-order valence-corrected chi connectivity index (χ1v) is 24.6. The molecular weight excluding hydrogens is 959 g/mol. The Morgan fingerprint density at radius 1 is 0.500 bits per heavy atom. The van der Waals surface area contributed by atoms with Crippen LogP contribution in [-0.4, -0.2) is 135 Å². The van der Waals surface area contributed by atoms with E-state index in [0.717, 1.165) is 0 Å². The zero-order valence-corrected chi connectivity index (χ0v) is 42.3. The standard InChI is InChI=1S/C52H69N9O13/c1-7-28(3)42-50(72)57-36(23-32-15-11-9-12-16-32)46(68)53-27-40(64)54-30(5)45(67)55-38(25-34-19-21-35(63)22-20-34)48(70)61-44(31(6)62)52(74)60-43(29(4)8-2)51(73)58-37(24-33-17-13-10-14-18-33)47(69)56-39(26-41(65)66)49(71)59-42/h9-22,28-31,36-39,42-44,62-63H,7-8,23-27H2,1-6H3,(H,53,68)(H,54,64)(H,55,67)(H,56,69)(H,57,72)(H,58,73)(H,59,71)(H,60,74)(H,61,70)(H,65,66). The molecule has 1 saturated heterocycles. The van der Waals surface area contributed by atoms with Crippen LogP contribution in [0.25, 0.3) is 0 Å². The fourth-order valence-electron chi connectivity index (χ4n) is 7.88. The lowest BCUT2D eigenvalue weighted by atomic mass is 9.96. The molecule has 0 radical (unpaired) electrons. The Balaban J connectivity index is 1.81. The van der Waals surface area contributed by atoms with E-state index in [-0.39, 0.29) is 31.4 Å². The number of aliphatic carboxylic acids is 1. The fraction of sp³-hybridized carbons (Fsp3) is 0.462. The van der Waals surface area contributed by atoms with Gasteiger partial charge in [-0.1, -0.05) is 113 Å². The van der Waals surface area contributed by atoms with E-state index in [1.165, 1.54) is 38.1 Å². The van der Waals surface area contributed by atoms with Gasteiger partial charge in [-0.15, -0.1) is 0 Å². The SMILES string of the molecule is CCC(C)C1NC(=O)C(CC(=O)O)NC(=O)C(Cc2ccccc2)NC(=O)C(C(C)CC)NC(=O)C(C(C)O)NC(=O)C(Cc2ccc(O)cc2)NC(=O)C(C)NC(=O)CNC(=O)C(Cc2ccccc2)NC1=O. The van der Waals surface area contributed by atoms with Crippen LogP contribution in [-0.2, 0) is 67.2 Å². The smallest absolute Gasteiger partial charge is 0.305 e. The highest BCUT2D eigenvalue weighted by molar-refractivity contribution is 5.99. The Bertz CT molecular complexity index is 2440. The first kappa shape index (κ1) is 58.7. The molecule has 0 saturated carbocycles. The number of rotatable bonds is 13. The van der Waals surface area contributed by atoms with Crippen molar-refractivity contribution in [3.05, 3.63) is 102 Å². The molecule has 11 atom stereocenters. The lowest BCUT2D eigenvalue weighted by molar-refractivity contribution is -0.142. The summed E-state index contributed by atoms with van der Waals surface area (Å²) in [7, 11) is 0. The third kappa shape index (κ3) is 18.0. The molecule has 74 heavy (non-hydrogen) atoms. The lowest BCUT2D eigenvalue weighted by Gasteiger charge is -2.30. The maximum Gasteiger partial charge on any atom is 0.305 e. The third-order valence-electron chi connectivity index (χ3n) is 12.7. The summed E-state index contributed by atoms with van der Waals surface area (Å²) in [5.41, 5.74) is 1.58. The quantitative estimate of drug-likeness (QED) is 0.102. The van der Waals surface area contributed by atoms with Gasteiger partial charge in [0, 0.05) is 19.3 Å². The molecule has 0 aliphatic carbocycles. The Kier molecular flexibility index (Phi) is 22.5. The van der Waals surface area contributed by atoms with Crippen molar-refractivity contribution in [2.45, 2.75) is 135 Å². The first-order chi connectivity index (χ1) is 35.1. The maximum absolute atomic E-state index is 14.4. The highest BCUT2D eigenvalue weighted by Crippen LogP contribution is 2.16. The molecule has 22 heteroatoms. The molecule has 0 aromatic heterocycles. The van der Waals surface area contributed by atoms with Gasteiger partial charge in [-0.3, -0.25) is 47.9 Å². The number of phenolic OH excluding ortho intramolecular Hbond substituents is 1. The van der Waals surface area contributed by atoms with Gasteiger partial charge in [0.25, 0.3) is 0 Å². The van der Waals surface area contributed by atoms with Crippen LogP contribution in [0.15, 0.2) is 84.9 Å². The van der Waals surface area contributed by atoms with Crippen LogP contribution < -0.4 is 47.9 Å². The van der Waals surface area contributed by atoms with E-state index in [0.29, 0.717) is 23.1 Å². The molecule has 3 aromatic rings. The first-order valence-electron chi connectivity index (χ1n) is 24.6. The van der Waals surface area contributed by atoms with Crippen molar-refractivity contribution in [2.24, 2.45) is 11.8 Å². The van der Waals surface area contributed by atoms with E-state index in [1.807, 2.05) is 0 Å². The average molecular weight is 1030 g/mol. The van der Waals surface area contributed by atoms with Crippen LogP contribution in [0, 0.1) is 11.8 Å². The number of aliphatic hydroxyl groups excluding tert-OH is 1. The normalized spacial score (nSPS) is 24.8. The van der Waals surface area contributed by atoms with Gasteiger partial charge < -0.3 is 63.2 Å². The second-order valence-corrected chi connectivity index (χ2v) is 18.6. The van der Waals surface area contributed by atoms with Crippen molar-refractivity contribution < 1.29 is 63.3 Å². The highest BCUT2D eigenvalue weighted by Gasteiger charge is 2.38. The van der Waals surface area contributed by atoms with Crippen LogP contribution in [0.4, 0.5) is 0 Å². The second kappa shape index (κ2) is 28.4. The number of aliphatic hydroxyl groups is 1. The van der Waals surface area contributed by atoms with Crippen LogP contribution >= 0.6 is 0 Å². The molecule has 0 bridgehead atoms. The molecule has 3 aromatic carbocycles. The minimum absolute atomic E-state index is 0.0859. The van der Waals surface area contributed by atoms with Crippen molar-refractivity contribution in [3.63, 3.8) is 0 Å². The van der Waals surface area contributed by atoms with Gasteiger partial charge in [-0.2, -0.15) is 0 Å². The van der Waals surface area contributed by atoms with E-state index < -0.39 is 138 Å². The summed E-state index contributed by atoms with van der Waals surface area (Å²) in [6.07, 6.45) is -2.47. The predicted octanol–water partition coefficient (Wildman–Crippen LogP) is -0.604. The molecule has 22 nitrogen and oxygen atoms in total. The van der Waals surface area contributed by atoms with Gasteiger partial charge in [0.05, 0.1) is 19.1 Å². The highest BCUT2D eigenvalue weighted by atomic mass is 16.4. The Labute approximate surface area is 429 Å². The van der Waals surface area contributed by atoms with E-state index in [1.54, 1.807) is 88.4 Å². The number of carboxylic acids is 1. The van der Waals surface area contributed by atoms with Crippen LogP contribution in [0.1, 0.15) is 77.5 Å². The number of carboxylic acid groups (broad SMARTS) is 1. The number of carbonyl (C=O) groups excluding carboxylic acids is 9. The van der Waals surface area contributed by atoms with E-state index in [9.17, 15) is 63.3 Å². The second-order valence-electron chi connectivity index (χ2n) is 18.6. The molecular formula is C52H69N9O13. The van der Waals surface area contributed by atoms with Gasteiger partial charge in [0.15, 0.2) is 0 Å². The number of phenols is 1. The number of carbonyl (C=O) groups is 10. The molecule has 11 unspecified atom stereocenters. The van der Waals surface area contributed by atoms with Crippen LogP contribution in [0.2, 0.25) is 0 Å². The molecule has 9 amide bonds. The number of nitrogens with one attached hydrogen (secondary N) is 9. The van der Waals surface area contributed by atoms with E-state index in [4.69, 9.17) is 0 Å². The Morgan fingerprint density at radius 3 is 1.34 bits per heavy atom. The topological polar surface area (TPSA) is 340 Å². The van der Waals surface area contributed by atoms with Crippen LogP contribution in [0.3, 0.4) is 0 Å². The number of benzene rings is 3. The summed E-state index contributed by atoms with van der Waals surface area (Å²) in [5.74, 6) is -11.3. The van der Waals surface area contributed by atoms with Gasteiger partial charge in [0.1, 0.15) is 54.1 Å². The third-order valence-corrected chi connectivity index (χ3v) is 12.7. The summed E-state index contributed by atoms with van der Waals surface area (Å²) < 4.78 is 0. The summed E-state index contributed by atoms with van der Waals surface area (Å²) in [4.78, 5) is 138. The predicted molar refractivity (Wildman–Crippen MR) is 269 cm³/mol. The number of hydrogen-bond donors (Lipinski definition) is 12. The number of amides is 9. The largest absolute Gasteiger partial charge is 0.508 e. The summed E-state index contributed by atoms with van der Waals surface area (Å²) in [6, 6.07) is 10.6. The minimum Gasteiger partial charge on any atom is -0.508 e. The molecule has 12 N–H and O–H groups in total. The van der Waals surface area contributed by atoms with Crippen molar-refractivity contribution >= 4 is 59.1 Å². The van der Waals surface area contributed by atoms with Crippen molar-refractivity contribution in [1.29, 1.82) is 0 Å². The van der Waals surface area contributed by atoms with Crippen LogP contribution in [0.5, 0.6) is 5.75 Å². The molecule has 400 valence electrons. The van der Waals surface area contributed by atoms with Crippen molar-refractivity contribution in [3.8, 4) is 5.75 Å². The van der Waals surface area contributed by atoms with Gasteiger partial charge in [0.2, 0.25) is 53.2 Å². The van der Waals surface area contributed by atoms with Gasteiger partial charge in [-0.05, 0) is 54.5 Å². The maximum atomic E-state index is 14.4. The monoisotopic (exact) mass is 1030 g/mol. The Morgan fingerprint density at radius 2 is 0.878 bits per heavy atom. The average Bonchev–Trinajstić information content (AvgIpc) is 3.37. The molecule has 4 rings (SSSR count). The molecule has 1 aliphatic heterocycles. The van der Waals surface area contributed by atoms with Crippen molar-refractivity contribution in [1.82, 2.24) is 47.9 Å². The molecule has 1 fully saturated rings. The minimum atomic E-state index is -1.82. The van der Waals surface area contributed by atoms with Crippen molar-refractivity contribution in [2.75, 3.05) is 6.54 Å². The fourth-order valence-corrected chi connectivity index (χ4v) is 7.88. The van der Waals surface area contributed by atoms with E-state index in [2.05, 4.69) is 47.9 Å². The Hall–Kier alpha value is -7.88. The number of hydrogen-bond acceptors (Lipinski definition) is 12. The summed E-state index contributed by atoms with van der Waals surface area (Å²) in [5, 5.41) is 53.6. The van der Waals surface area contributed by atoms with Gasteiger partial charge >= 0.3 is 5.97 Å². The lowest BCUT2D eigenvalue weighted by Crippen LogP contribution is -2.63. The van der Waals surface area contributed by atoms with Gasteiger partial charge in [-0.25, -0.2) is 0 Å².